The Morgan fingerprint density at radius 2 is 2.00 bits per heavy atom. The maximum atomic E-state index is 5.94. The number of nitrogens with zero attached hydrogens (tertiary/aromatic N) is 3. The highest BCUT2D eigenvalue weighted by atomic mass is 127. The molecule has 0 bridgehead atoms. The minimum Gasteiger partial charge on any atom is -0.385 e. The van der Waals surface area contributed by atoms with E-state index in [1.165, 1.54) is 0 Å². The maximum Gasteiger partial charge on any atom is 0.194 e. The second-order valence-electron chi connectivity index (χ2n) is 6.91. The van der Waals surface area contributed by atoms with Crippen molar-refractivity contribution in [2.75, 3.05) is 40.5 Å². The van der Waals surface area contributed by atoms with E-state index in [1.54, 1.807) is 7.11 Å². The van der Waals surface area contributed by atoms with Gasteiger partial charge >= 0.3 is 0 Å². The van der Waals surface area contributed by atoms with Gasteiger partial charge in [0.05, 0.1) is 24.5 Å². The van der Waals surface area contributed by atoms with E-state index in [4.69, 9.17) is 9.47 Å². The molecule has 29 heavy (non-hydrogen) atoms. The molecule has 1 aromatic carbocycles. The van der Waals surface area contributed by atoms with E-state index >= 15 is 0 Å². The highest BCUT2D eigenvalue weighted by molar-refractivity contribution is 14.0. The Labute approximate surface area is 190 Å². The number of rotatable bonds is 8. The number of H-pyrrole nitrogens is 1. The third kappa shape index (κ3) is 7.27. The summed E-state index contributed by atoms with van der Waals surface area (Å²) in [5.74, 6) is 1.81. The van der Waals surface area contributed by atoms with Crippen LogP contribution in [0.2, 0.25) is 0 Å². The number of piperidine rings is 1. The topological polar surface area (TPSA) is 74.8 Å². The van der Waals surface area contributed by atoms with Crippen molar-refractivity contribution in [1.29, 1.82) is 0 Å². The van der Waals surface area contributed by atoms with E-state index in [0.29, 0.717) is 12.6 Å². The molecule has 3 rings (SSSR count). The van der Waals surface area contributed by atoms with E-state index in [2.05, 4.69) is 37.3 Å². The first kappa shape index (κ1) is 23.6. The van der Waals surface area contributed by atoms with Gasteiger partial charge < -0.3 is 24.7 Å². The van der Waals surface area contributed by atoms with Crippen LogP contribution in [0.25, 0.3) is 11.3 Å². The molecule has 2 heterocycles. The average molecular weight is 513 g/mol. The Kier molecular flexibility index (Phi) is 10.4. The number of methoxy groups -OCH3 is 1. The molecule has 0 unspecified atom stereocenters. The lowest BCUT2D eigenvalue weighted by molar-refractivity contribution is 0.00989. The molecule has 0 spiro atoms. The number of hydrogen-bond donors (Lipinski definition) is 2. The third-order valence-electron chi connectivity index (χ3n) is 4.93. The lowest BCUT2D eigenvalue weighted by Gasteiger charge is -2.34. The van der Waals surface area contributed by atoms with Crippen LogP contribution in [-0.4, -0.2) is 67.4 Å². The molecule has 1 saturated heterocycles. The molecule has 160 valence electrons. The summed E-state index contributed by atoms with van der Waals surface area (Å²) in [6.07, 6.45) is 5.21. The number of aromatic amines is 1. The predicted molar refractivity (Wildman–Crippen MR) is 127 cm³/mol. The Bertz CT molecular complexity index is 730. The normalized spacial score (nSPS) is 15.2. The molecule has 2 N–H and O–H groups in total. The summed E-state index contributed by atoms with van der Waals surface area (Å²) in [5, 5.41) is 3.42. The number of nitrogens with one attached hydrogen (secondary N) is 2. The van der Waals surface area contributed by atoms with Gasteiger partial charge in [0.2, 0.25) is 0 Å². The lowest BCUT2D eigenvalue weighted by atomic mass is 10.1. The minimum absolute atomic E-state index is 0. The second-order valence-corrected chi connectivity index (χ2v) is 6.91. The van der Waals surface area contributed by atoms with Crippen molar-refractivity contribution in [2.45, 2.75) is 31.9 Å². The largest absolute Gasteiger partial charge is 0.385 e. The number of aromatic nitrogens is 2. The van der Waals surface area contributed by atoms with Crippen molar-refractivity contribution in [3.05, 3.63) is 42.4 Å². The minimum atomic E-state index is 0. The fourth-order valence-electron chi connectivity index (χ4n) is 3.40. The molecule has 1 aliphatic rings. The van der Waals surface area contributed by atoms with Crippen molar-refractivity contribution in [3.8, 4) is 11.3 Å². The van der Waals surface area contributed by atoms with Crippen LogP contribution >= 0.6 is 24.0 Å². The van der Waals surface area contributed by atoms with Gasteiger partial charge in [-0.15, -0.1) is 24.0 Å². The van der Waals surface area contributed by atoms with Gasteiger partial charge in [-0.3, -0.25) is 4.99 Å². The van der Waals surface area contributed by atoms with Gasteiger partial charge in [0.25, 0.3) is 0 Å². The molecular formula is C21H32IN5O2. The monoisotopic (exact) mass is 513 g/mol. The fraction of sp³-hybridized carbons (Fsp3) is 0.524. The number of likely N-dealkylation sites (tertiary alicyclic amines) is 1. The smallest absolute Gasteiger partial charge is 0.194 e. The Hall–Kier alpha value is -1.65. The molecule has 0 saturated carbocycles. The molecule has 7 nitrogen and oxygen atoms in total. The third-order valence-corrected chi connectivity index (χ3v) is 4.93. The first-order valence-corrected chi connectivity index (χ1v) is 9.95. The summed E-state index contributed by atoms with van der Waals surface area (Å²) < 4.78 is 11.0. The van der Waals surface area contributed by atoms with E-state index in [9.17, 15) is 0 Å². The maximum absolute atomic E-state index is 5.94. The number of aliphatic imine (C=N–C) groups is 1. The van der Waals surface area contributed by atoms with Crippen molar-refractivity contribution < 1.29 is 9.47 Å². The summed E-state index contributed by atoms with van der Waals surface area (Å²) in [4.78, 5) is 14.6. The number of ether oxygens (including phenoxy) is 2. The molecule has 2 aromatic rings. The van der Waals surface area contributed by atoms with Crippen LogP contribution in [0.1, 0.15) is 25.1 Å². The van der Waals surface area contributed by atoms with Crippen LogP contribution in [0.15, 0.2) is 41.5 Å². The summed E-state index contributed by atoms with van der Waals surface area (Å²) in [6, 6.07) is 10.2. The van der Waals surface area contributed by atoms with E-state index in [0.717, 1.165) is 68.6 Å². The summed E-state index contributed by atoms with van der Waals surface area (Å²) >= 11 is 0. The van der Waals surface area contributed by atoms with Crippen LogP contribution in [-0.2, 0) is 16.0 Å². The van der Waals surface area contributed by atoms with Gasteiger partial charge in [-0.2, -0.15) is 0 Å². The molecule has 0 radical (unpaired) electrons. The molecular weight excluding hydrogens is 481 g/mol. The zero-order valence-electron chi connectivity index (χ0n) is 17.3. The Balaban J connectivity index is 0.00000300. The molecule has 0 amide bonds. The fourth-order valence-corrected chi connectivity index (χ4v) is 3.40. The Morgan fingerprint density at radius 3 is 2.69 bits per heavy atom. The standard InChI is InChI=1S/C21H31N5O2.HI/c1-22-21(26-11-9-18(10-12-26)28-14-6-13-27-2)24-16-20-23-15-19(25-20)17-7-4-3-5-8-17;/h3-5,7-8,15,18H,6,9-14,16H2,1-2H3,(H,22,24)(H,23,25);1H. The van der Waals surface area contributed by atoms with Gasteiger partial charge in [-0.1, -0.05) is 30.3 Å². The van der Waals surface area contributed by atoms with Crippen LogP contribution in [0.4, 0.5) is 0 Å². The lowest BCUT2D eigenvalue weighted by Crippen LogP contribution is -2.46. The molecule has 1 aromatic heterocycles. The van der Waals surface area contributed by atoms with Gasteiger partial charge in [0, 0.05) is 40.5 Å². The molecule has 0 aliphatic carbocycles. The zero-order valence-corrected chi connectivity index (χ0v) is 19.6. The van der Waals surface area contributed by atoms with E-state index in [1.807, 2.05) is 31.4 Å². The van der Waals surface area contributed by atoms with Gasteiger partial charge in [0.15, 0.2) is 5.96 Å². The SMILES string of the molecule is CN=C(NCc1ncc(-c2ccccc2)[nH]1)N1CCC(OCCCOC)CC1.I. The zero-order chi connectivity index (χ0) is 19.6. The van der Waals surface area contributed by atoms with Crippen LogP contribution in [0.3, 0.4) is 0 Å². The highest BCUT2D eigenvalue weighted by Gasteiger charge is 2.21. The number of guanidine groups is 1. The van der Waals surface area contributed by atoms with Crippen molar-refractivity contribution in [1.82, 2.24) is 20.2 Å². The number of benzene rings is 1. The number of imidazole rings is 1. The first-order chi connectivity index (χ1) is 13.8. The first-order valence-electron chi connectivity index (χ1n) is 9.95. The predicted octanol–water partition coefficient (Wildman–Crippen LogP) is 3.29. The molecule has 8 heteroatoms. The molecule has 1 fully saturated rings. The molecule has 0 atom stereocenters. The summed E-state index contributed by atoms with van der Waals surface area (Å²) in [6.45, 7) is 4.04. The summed E-state index contributed by atoms with van der Waals surface area (Å²) in [5.41, 5.74) is 2.16. The van der Waals surface area contributed by atoms with E-state index in [-0.39, 0.29) is 24.0 Å². The highest BCUT2D eigenvalue weighted by Crippen LogP contribution is 2.16. The van der Waals surface area contributed by atoms with Crippen LogP contribution in [0.5, 0.6) is 0 Å². The van der Waals surface area contributed by atoms with E-state index < -0.39 is 0 Å². The van der Waals surface area contributed by atoms with Gasteiger partial charge in [-0.05, 0) is 24.8 Å². The average Bonchev–Trinajstić information content (AvgIpc) is 3.22. The molecule has 1 aliphatic heterocycles. The van der Waals surface area contributed by atoms with Crippen LogP contribution in [0, 0.1) is 0 Å². The quantitative estimate of drug-likeness (QED) is 0.245. The van der Waals surface area contributed by atoms with Crippen molar-refractivity contribution in [2.24, 2.45) is 4.99 Å². The van der Waals surface area contributed by atoms with Crippen molar-refractivity contribution in [3.63, 3.8) is 0 Å². The number of halogens is 1. The van der Waals surface area contributed by atoms with Gasteiger partial charge in [-0.25, -0.2) is 4.98 Å². The second kappa shape index (κ2) is 12.8. The van der Waals surface area contributed by atoms with Crippen LogP contribution < -0.4 is 5.32 Å². The van der Waals surface area contributed by atoms with Gasteiger partial charge in [0.1, 0.15) is 5.82 Å². The number of hydrogen-bond acceptors (Lipinski definition) is 4. The Morgan fingerprint density at radius 1 is 1.24 bits per heavy atom. The van der Waals surface area contributed by atoms with Crippen molar-refractivity contribution >= 4 is 29.9 Å². The summed E-state index contributed by atoms with van der Waals surface area (Å²) in [7, 11) is 3.55.